The lowest BCUT2D eigenvalue weighted by atomic mass is 10.2. The summed E-state index contributed by atoms with van der Waals surface area (Å²) < 4.78 is 6.35. The van der Waals surface area contributed by atoms with Crippen LogP contribution in [0, 0.1) is 0 Å². The van der Waals surface area contributed by atoms with E-state index in [1.807, 2.05) is 12.1 Å². The van der Waals surface area contributed by atoms with Crippen LogP contribution in [-0.2, 0) is 11.8 Å². The summed E-state index contributed by atoms with van der Waals surface area (Å²) in [5, 5.41) is 0.663. The van der Waals surface area contributed by atoms with E-state index < -0.39 is 5.97 Å². The molecule has 1 aromatic heterocycles. The third-order valence-electron chi connectivity index (χ3n) is 2.49. The number of carbonyl (C=O) groups is 1. The average molecular weight is 251 g/mol. The van der Waals surface area contributed by atoms with Crippen LogP contribution < -0.4 is 0 Å². The molecule has 0 bridgehead atoms. The van der Waals surface area contributed by atoms with Crippen molar-refractivity contribution < 1.29 is 9.53 Å². The van der Waals surface area contributed by atoms with Gasteiger partial charge in [0.25, 0.3) is 0 Å². The highest BCUT2D eigenvalue weighted by molar-refractivity contribution is 6.30. The Balaban J connectivity index is 2.44. The molecule has 0 spiro atoms. The number of carbonyl (C=O) groups excluding carboxylic acids is 1. The number of imidazole rings is 1. The molecular formula is C12H11ClN2O2. The highest BCUT2D eigenvalue weighted by atomic mass is 35.5. The van der Waals surface area contributed by atoms with Crippen LogP contribution in [0.3, 0.4) is 0 Å². The van der Waals surface area contributed by atoms with E-state index in [2.05, 4.69) is 9.72 Å². The molecule has 0 aliphatic carbocycles. The van der Waals surface area contributed by atoms with Crippen molar-refractivity contribution in [2.75, 3.05) is 7.11 Å². The molecule has 17 heavy (non-hydrogen) atoms. The SMILES string of the molecule is COC(=O)c1cnc(-c2ccc(Cl)cc2)n1C. The third kappa shape index (κ3) is 2.17. The van der Waals surface area contributed by atoms with Crippen molar-refractivity contribution in [3.63, 3.8) is 0 Å². The number of ether oxygens (including phenoxy) is 1. The maximum atomic E-state index is 11.4. The molecule has 0 fully saturated rings. The first-order valence-corrected chi connectivity index (χ1v) is 5.37. The Morgan fingerprint density at radius 3 is 2.59 bits per heavy atom. The first kappa shape index (κ1) is 11.7. The van der Waals surface area contributed by atoms with Gasteiger partial charge in [-0.1, -0.05) is 11.6 Å². The zero-order chi connectivity index (χ0) is 12.4. The van der Waals surface area contributed by atoms with Gasteiger partial charge in [0.05, 0.1) is 13.3 Å². The van der Waals surface area contributed by atoms with E-state index in [9.17, 15) is 4.79 Å². The number of nitrogens with zero attached hydrogens (tertiary/aromatic N) is 2. The molecule has 0 amide bonds. The number of halogens is 1. The summed E-state index contributed by atoms with van der Waals surface area (Å²) >= 11 is 5.82. The first-order chi connectivity index (χ1) is 8.13. The van der Waals surface area contributed by atoms with Gasteiger partial charge < -0.3 is 9.30 Å². The highest BCUT2D eigenvalue weighted by Gasteiger charge is 2.14. The smallest absolute Gasteiger partial charge is 0.356 e. The molecular weight excluding hydrogens is 240 g/mol. The van der Waals surface area contributed by atoms with Gasteiger partial charge in [0, 0.05) is 17.6 Å². The summed E-state index contributed by atoms with van der Waals surface area (Å²) in [7, 11) is 3.11. The molecule has 0 N–H and O–H groups in total. The highest BCUT2D eigenvalue weighted by Crippen LogP contribution is 2.21. The van der Waals surface area contributed by atoms with Gasteiger partial charge in [-0.15, -0.1) is 0 Å². The van der Waals surface area contributed by atoms with Crippen molar-refractivity contribution in [3.05, 3.63) is 41.2 Å². The molecule has 0 saturated heterocycles. The summed E-state index contributed by atoms with van der Waals surface area (Å²) in [4.78, 5) is 15.6. The average Bonchev–Trinajstić information content (AvgIpc) is 2.71. The van der Waals surface area contributed by atoms with Gasteiger partial charge in [0.15, 0.2) is 0 Å². The van der Waals surface area contributed by atoms with Gasteiger partial charge in [-0.3, -0.25) is 0 Å². The van der Waals surface area contributed by atoms with Crippen LogP contribution in [0.25, 0.3) is 11.4 Å². The molecule has 1 aromatic carbocycles. The second-order valence-electron chi connectivity index (χ2n) is 3.52. The molecule has 5 heteroatoms. The molecule has 0 atom stereocenters. The summed E-state index contributed by atoms with van der Waals surface area (Å²) in [6.07, 6.45) is 1.50. The molecule has 0 radical (unpaired) electrons. The minimum absolute atomic E-state index is 0.403. The van der Waals surface area contributed by atoms with E-state index in [-0.39, 0.29) is 0 Å². The van der Waals surface area contributed by atoms with Gasteiger partial charge in [0.1, 0.15) is 11.5 Å². The van der Waals surface area contributed by atoms with Crippen LogP contribution in [0.2, 0.25) is 5.02 Å². The number of rotatable bonds is 2. The maximum absolute atomic E-state index is 11.4. The van der Waals surface area contributed by atoms with E-state index >= 15 is 0 Å². The van der Waals surface area contributed by atoms with Crippen LogP contribution in [0.5, 0.6) is 0 Å². The standard InChI is InChI=1S/C12H11ClN2O2/c1-15-10(12(16)17-2)7-14-11(15)8-3-5-9(13)6-4-8/h3-7H,1-2H3. The lowest BCUT2D eigenvalue weighted by Gasteiger charge is -2.04. The zero-order valence-electron chi connectivity index (χ0n) is 9.48. The van der Waals surface area contributed by atoms with Gasteiger partial charge in [-0.05, 0) is 24.3 Å². The first-order valence-electron chi connectivity index (χ1n) is 4.99. The molecule has 88 valence electrons. The van der Waals surface area contributed by atoms with Crippen molar-refractivity contribution in [2.45, 2.75) is 0 Å². The molecule has 0 aliphatic rings. The van der Waals surface area contributed by atoms with Crippen molar-refractivity contribution >= 4 is 17.6 Å². The molecule has 1 heterocycles. The van der Waals surface area contributed by atoms with E-state index in [4.69, 9.17) is 11.6 Å². The van der Waals surface area contributed by atoms with Crippen LogP contribution in [0.1, 0.15) is 10.5 Å². The minimum Gasteiger partial charge on any atom is -0.464 e. The van der Waals surface area contributed by atoms with Crippen molar-refractivity contribution in [1.82, 2.24) is 9.55 Å². The maximum Gasteiger partial charge on any atom is 0.356 e. The fourth-order valence-corrected chi connectivity index (χ4v) is 1.70. The Morgan fingerprint density at radius 1 is 1.35 bits per heavy atom. The molecule has 4 nitrogen and oxygen atoms in total. The van der Waals surface area contributed by atoms with Crippen LogP contribution >= 0.6 is 11.6 Å². The predicted molar refractivity (Wildman–Crippen MR) is 65.0 cm³/mol. The normalized spacial score (nSPS) is 10.3. The summed E-state index contributed by atoms with van der Waals surface area (Å²) in [5.41, 5.74) is 1.31. The molecule has 0 unspecified atom stereocenters. The van der Waals surface area contributed by atoms with Crippen molar-refractivity contribution in [1.29, 1.82) is 0 Å². The predicted octanol–water partition coefficient (Wildman–Crippen LogP) is 2.53. The quantitative estimate of drug-likeness (QED) is 0.770. The lowest BCUT2D eigenvalue weighted by molar-refractivity contribution is 0.0590. The topological polar surface area (TPSA) is 44.1 Å². The monoisotopic (exact) mass is 250 g/mol. The fourth-order valence-electron chi connectivity index (χ4n) is 1.57. The molecule has 2 aromatic rings. The van der Waals surface area contributed by atoms with Crippen molar-refractivity contribution in [2.24, 2.45) is 7.05 Å². The summed E-state index contributed by atoms with van der Waals surface area (Å²) in [6.45, 7) is 0. The summed E-state index contributed by atoms with van der Waals surface area (Å²) in [6, 6.07) is 7.27. The number of esters is 1. The Labute approximate surface area is 104 Å². The lowest BCUT2D eigenvalue weighted by Crippen LogP contribution is -2.08. The summed E-state index contributed by atoms with van der Waals surface area (Å²) in [5.74, 6) is 0.294. The Hall–Kier alpha value is -1.81. The largest absolute Gasteiger partial charge is 0.464 e. The molecule has 2 rings (SSSR count). The van der Waals surface area contributed by atoms with Crippen LogP contribution in [-0.4, -0.2) is 22.6 Å². The number of hydrogen-bond acceptors (Lipinski definition) is 3. The third-order valence-corrected chi connectivity index (χ3v) is 2.74. The van der Waals surface area contributed by atoms with E-state index in [0.29, 0.717) is 16.5 Å². The Bertz CT molecular complexity index is 546. The number of benzene rings is 1. The van der Waals surface area contributed by atoms with E-state index in [1.54, 1.807) is 23.7 Å². The minimum atomic E-state index is -0.403. The number of hydrogen-bond donors (Lipinski definition) is 0. The van der Waals surface area contributed by atoms with Gasteiger partial charge in [-0.2, -0.15) is 0 Å². The Kier molecular flexibility index (Phi) is 3.15. The fraction of sp³-hybridized carbons (Fsp3) is 0.167. The zero-order valence-corrected chi connectivity index (χ0v) is 10.2. The molecule has 0 saturated carbocycles. The van der Waals surface area contributed by atoms with Crippen molar-refractivity contribution in [3.8, 4) is 11.4 Å². The number of aromatic nitrogens is 2. The Morgan fingerprint density at radius 2 is 2.00 bits per heavy atom. The second kappa shape index (κ2) is 4.59. The second-order valence-corrected chi connectivity index (χ2v) is 3.96. The van der Waals surface area contributed by atoms with Crippen LogP contribution in [0.15, 0.2) is 30.5 Å². The van der Waals surface area contributed by atoms with E-state index in [1.165, 1.54) is 13.3 Å². The van der Waals surface area contributed by atoms with Gasteiger partial charge in [-0.25, -0.2) is 9.78 Å². The van der Waals surface area contributed by atoms with Crippen LogP contribution in [0.4, 0.5) is 0 Å². The number of methoxy groups -OCH3 is 1. The van der Waals surface area contributed by atoms with Gasteiger partial charge in [0.2, 0.25) is 0 Å². The molecule has 0 aliphatic heterocycles. The van der Waals surface area contributed by atoms with Gasteiger partial charge >= 0.3 is 5.97 Å². The van der Waals surface area contributed by atoms with E-state index in [0.717, 1.165) is 5.56 Å².